The highest BCUT2D eigenvalue weighted by molar-refractivity contribution is 5.94. The van der Waals surface area contributed by atoms with Gasteiger partial charge in [0.15, 0.2) is 0 Å². The molecule has 1 N–H and O–H groups in total. The average Bonchev–Trinajstić information content (AvgIpc) is 3.41. The zero-order valence-electron chi connectivity index (χ0n) is 15.7. The fraction of sp³-hybridized carbons (Fsp3) is 0.842. The molecule has 3 aliphatic rings. The van der Waals surface area contributed by atoms with Crippen molar-refractivity contribution in [1.29, 1.82) is 0 Å². The van der Waals surface area contributed by atoms with Crippen molar-refractivity contribution in [3.05, 3.63) is 0 Å². The molecule has 0 unspecified atom stereocenters. The Bertz CT molecular complexity index is 528. The first-order chi connectivity index (χ1) is 12.0. The molecule has 25 heavy (non-hydrogen) atoms. The van der Waals surface area contributed by atoms with Gasteiger partial charge in [-0.25, -0.2) is 5.43 Å². The first kappa shape index (κ1) is 18.4. The molecular weight excluding hydrogens is 316 g/mol. The second kappa shape index (κ2) is 8.30. The van der Waals surface area contributed by atoms with Crippen LogP contribution in [0.2, 0.25) is 0 Å². The number of hydrogen-bond acceptors (Lipinski definition) is 4. The standard InChI is InChI=1S/C19H32N4O2/c1-14(2)17-13-23(11-3-10-22(17)12-15-4-5-15)19(25)9-7-16-6-8-18(24)21-20-16/h14-15,17H,3-13H2,1-2H3,(H,21,24)/t17-/m1/s1. The Morgan fingerprint density at radius 1 is 1.28 bits per heavy atom. The van der Waals surface area contributed by atoms with E-state index in [1.54, 1.807) is 0 Å². The predicted molar refractivity (Wildman–Crippen MR) is 98.2 cm³/mol. The van der Waals surface area contributed by atoms with Crippen LogP contribution in [0, 0.1) is 11.8 Å². The molecule has 1 saturated carbocycles. The third-order valence-corrected chi connectivity index (χ3v) is 5.67. The van der Waals surface area contributed by atoms with E-state index in [1.807, 2.05) is 0 Å². The highest BCUT2D eigenvalue weighted by atomic mass is 16.2. The molecule has 2 amide bonds. The van der Waals surface area contributed by atoms with Crippen molar-refractivity contribution in [2.24, 2.45) is 16.9 Å². The number of hydrogen-bond donors (Lipinski definition) is 1. The minimum absolute atomic E-state index is 0.0295. The second-order valence-electron chi connectivity index (χ2n) is 8.16. The molecule has 0 bridgehead atoms. The lowest BCUT2D eigenvalue weighted by atomic mass is 10.0. The van der Waals surface area contributed by atoms with Crippen LogP contribution >= 0.6 is 0 Å². The third kappa shape index (κ3) is 5.27. The van der Waals surface area contributed by atoms with Crippen LogP contribution in [-0.4, -0.2) is 59.5 Å². The zero-order chi connectivity index (χ0) is 17.8. The Hall–Kier alpha value is -1.43. The zero-order valence-corrected chi connectivity index (χ0v) is 15.7. The third-order valence-electron chi connectivity index (χ3n) is 5.67. The van der Waals surface area contributed by atoms with Gasteiger partial charge in [-0.15, -0.1) is 0 Å². The van der Waals surface area contributed by atoms with Gasteiger partial charge in [0.2, 0.25) is 11.8 Å². The van der Waals surface area contributed by atoms with Crippen molar-refractivity contribution >= 4 is 17.5 Å². The van der Waals surface area contributed by atoms with Gasteiger partial charge in [0.05, 0.1) is 0 Å². The summed E-state index contributed by atoms with van der Waals surface area (Å²) in [5.74, 6) is 1.66. The van der Waals surface area contributed by atoms with Crippen LogP contribution in [0.3, 0.4) is 0 Å². The van der Waals surface area contributed by atoms with Crippen LogP contribution in [-0.2, 0) is 9.59 Å². The molecule has 3 rings (SSSR count). The quantitative estimate of drug-likeness (QED) is 0.798. The summed E-state index contributed by atoms with van der Waals surface area (Å²) >= 11 is 0. The molecule has 2 heterocycles. The largest absolute Gasteiger partial charge is 0.341 e. The summed E-state index contributed by atoms with van der Waals surface area (Å²) < 4.78 is 0. The average molecular weight is 348 g/mol. The van der Waals surface area contributed by atoms with Gasteiger partial charge in [0, 0.05) is 50.8 Å². The molecule has 2 fully saturated rings. The van der Waals surface area contributed by atoms with E-state index in [9.17, 15) is 9.59 Å². The topological polar surface area (TPSA) is 65.0 Å². The van der Waals surface area contributed by atoms with E-state index < -0.39 is 0 Å². The lowest BCUT2D eigenvalue weighted by Crippen LogP contribution is -2.46. The fourth-order valence-electron chi connectivity index (χ4n) is 3.88. The summed E-state index contributed by atoms with van der Waals surface area (Å²) in [4.78, 5) is 28.6. The summed E-state index contributed by atoms with van der Waals surface area (Å²) in [6.07, 6.45) is 6.16. The van der Waals surface area contributed by atoms with Crippen LogP contribution < -0.4 is 5.43 Å². The van der Waals surface area contributed by atoms with Gasteiger partial charge in [0.25, 0.3) is 0 Å². The van der Waals surface area contributed by atoms with E-state index in [1.165, 1.54) is 19.4 Å². The highest BCUT2D eigenvalue weighted by Gasteiger charge is 2.33. The van der Waals surface area contributed by atoms with Crippen LogP contribution in [0.5, 0.6) is 0 Å². The minimum atomic E-state index is -0.0295. The van der Waals surface area contributed by atoms with Gasteiger partial charge in [-0.05, 0) is 43.9 Å². The van der Waals surface area contributed by atoms with Gasteiger partial charge in [0.1, 0.15) is 0 Å². The van der Waals surface area contributed by atoms with Crippen LogP contribution in [0.1, 0.15) is 58.8 Å². The number of carbonyl (C=O) groups excluding carboxylic acids is 2. The van der Waals surface area contributed by atoms with Crippen LogP contribution in [0.25, 0.3) is 0 Å². The number of nitrogens with zero attached hydrogens (tertiary/aromatic N) is 3. The Morgan fingerprint density at radius 2 is 2.08 bits per heavy atom. The summed E-state index contributed by atoms with van der Waals surface area (Å²) in [5.41, 5.74) is 3.46. The molecule has 0 aromatic rings. The van der Waals surface area contributed by atoms with E-state index >= 15 is 0 Å². The van der Waals surface area contributed by atoms with E-state index in [-0.39, 0.29) is 11.8 Å². The number of hydrazone groups is 1. The second-order valence-corrected chi connectivity index (χ2v) is 8.16. The first-order valence-corrected chi connectivity index (χ1v) is 9.89. The number of nitrogens with one attached hydrogen (secondary N) is 1. The maximum atomic E-state index is 12.7. The van der Waals surface area contributed by atoms with Crippen molar-refractivity contribution in [2.75, 3.05) is 26.2 Å². The van der Waals surface area contributed by atoms with Crippen molar-refractivity contribution in [3.63, 3.8) is 0 Å². The minimum Gasteiger partial charge on any atom is -0.341 e. The normalized spacial score (nSPS) is 25.6. The van der Waals surface area contributed by atoms with Crippen molar-refractivity contribution in [2.45, 2.75) is 64.8 Å². The number of amides is 2. The molecule has 0 radical (unpaired) electrons. The van der Waals surface area contributed by atoms with Crippen molar-refractivity contribution in [3.8, 4) is 0 Å². The molecule has 6 nitrogen and oxygen atoms in total. The summed E-state index contributed by atoms with van der Waals surface area (Å²) in [7, 11) is 0. The maximum absolute atomic E-state index is 12.7. The molecule has 2 aliphatic heterocycles. The van der Waals surface area contributed by atoms with Gasteiger partial charge < -0.3 is 4.90 Å². The smallest absolute Gasteiger partial charge is 0.240 e. The molecule has 1 saturated heterocycles. The van der Waals surface area contributed by atoms with Gasteiger partial charge in [-0.1, -0.05) is 13.8 Å². The van der Waals surface area contributed by atoms with Crippen molar-refractivity contribution in [1.82, 2.24) is 15.2 Å². The summed E-state index contributed by atoms with van der Waals surface area (Å²) in [6, 6.07) is 0.471. The van der Waals surface area contributed by atoms with Gasteiger partial charge in [-0.3, -0.25) is 14.5 Å². The first-order valence-electron chi connectivity index (χ1n) is 9.89. The monoisotopic (exact) mass is 348 g/mol. The fourth-order valence-corrected chi connectivity index (χ4v) is 3.88. The molecular formula is C19H32N4O2. The molecule has 1 atom stereocenters. The summed E-state index contributed by atoms with van der Waals surface area (Å²) in [6.45, 7) is 8.60. The molecule has 1 aliphatic carbocycles. The number of rotatable bonds is 6. The Balaban J connectivity index is 1.53. The van der Waals surface area contributed by atoms with Crippen molar-refractivity contribution < 1.29 is 9.59 Å². The molecule has 0 aromatic heterocycles. The molecule has 6 heteroatoms. The predicted octanol–water partition coefficient (Wildman–Crippen LogP) is 2.00. The van der Waals surface area contributed by atoms with Crippen LogP contribution in [0.4, 0.5) is 0 Å². The lowest BCUT2D eigenvalue weighted by Gasteiger charge is -2.34. The van der Waals surface area contributed by atoms with E-state index in [2.05, 4.69) is 34.2 Å². The van der Waals surface area contributed by atoms with Crippen LogP contribution in [0.15, 0.2) is 5.10 Å². The van der Waals surface area contributed by atoms with E-state index in [0.29, 0.717) is 37.6 Å². The van der Waals surface area contributed by atoms with E-state index in [0.717, 1.165) is 37.7 Å². The van der Waals surface area contributed by atoms with Gasteiger partial charge in [-0.2, -0.15) is 5.10 Å². The molecule has 140 valence electrons. The Labute approximate surface area is 151 Å². The summed E-state index contributed by atoms with van der Waals surface area (Å²) in [5, 5.41) is 4.08. The molecule has 0 aromatic carbocycles. The Kier molecular flexibility index (Phi) is 6.10. The maximum Gasteiger partial charge on any atom is 0.240 e. The lowest BCUT2D eigenvalue weighted by molar-refractivity contribution is -0.131. The van der Waals surface area contributed by atoms with E-state index in [4.69, 9.17) is 0 Å². The SMILES string of the molecule is CC(C)[C@H]1CN(C(=O)CCC2=NNC(=O)CC2)CCCN1CC1CC1. The number of carbonyl (C=O) groups is 2. The highest BCUT2D eigenvalue weighted by Crippen LogP contribution is 2.32. The Morgan fingerprint density at radius 3 is 2.72 bits per heavy atom. The van der Waals surface area contributed by atoms with Gasteiger partial charge >= 0.3 is 0 Å². The molecule has 0 spiro atoms.